The summed E-state index contributed by atoms with van der Waals surface area (Å²) < 4.78 is 5.22. The van der Waals surface area contributed by atoms with Gasteiger partial charge in [-0.15, -0.1) is 11.3 Å². The molecule has 0 saturated carbocycles. The number of aryl methyl sites for hydroxylation is 1. The van der Waals surface area contributed by atoms with Crippen LogP contribution in [-0.2, 0) is 16.0 Å². The number of hydrogen-bond acceptors (Lipinski definition) is 5. The van der Waals surface area contributed by atoms with E-state index in [1.807, 2.05) is 6.92 Å². The van der Waals surface area contributed by atoms with Gasteiger partial charge in [-0.05, 0) is 19.4 Å². The van der Waals surface area contributed by atoms with Gasteiger partial charge in [0, 0.05) is 4.88 Å². The number of carboxylic acids is 1. The lowest BCUT2D eigenvalue weighted by atomic mass is 10.2. The molecule has 0 atom stereocenters. The molecule has 2 N–H and O–H groups in total. The van der Waals surface area contributed by atoms with Crippen LogP contribution in [0.4, 0.5) is 0 Å². The second-order valence-electron chi connectivity index (χ2n) is 4.17. The lowest BCUT2D eigenvalue weighted by Crippen LogP contribution is -2.11. The molecular formula is C13H14N2O4S. The van der Waals surface area contributed by atoms with Crippen LogP contribution in [0.15, 0.2) is 11.4 Å². The van der Waals surface area contributed by atoms with Crippen molar-refractivity contribution in [1.82, 2.24) is 9.97 Å². The number of fused-ring (bicyclic) bond motifs is 1. The molecule has 0 fully saturated rings. The van der Waals surface area contributed by atoms with Gasteiger partial charge >= 0.3 is 5.97 Å². The van der Waals surface area contributed by atoms with Gasteiger partial charge in [0.15, 0.2) is 11.6 Å². The molecule has 7 heteroatoms. The van der Waals surface area contributed by atoms with Crippen LogP contribution in [0, 0.1) is 6.92 Å². The Morgan fingerprint density at radius 2 is 2.25 bits per heavy atom. The van der Waals surface area contributed by atoms with Gasteiger partial charge in [0.25, 0.3) is 5.56 Å². The molecular weight excluding hydrogens is 280 g/mol. The van der Waals surface area contributed by atoms with Gasteiger partial charge in [-0.3, -0.25) is 9.59 Å². The number of thiophene rings is 1. The fourth-order valence-electron chi connectivity index (χ4n) is 1.87. The van der Waals surface area contributed by atoms with Crippen LogP contribution in [-0.4, -0.2) is 27.7 Å². The van der Waals surface area contributed by atoms with Gasteiger partial charge < -0.3 is 14.8 Å². The topological polar surface area (TPSA) is 92.3 Å². The molecule has 0 aliphatic heterocycles. The molecule has 0 aromatic carbocycles. The standard InChI is InChI=1S/C13H14N2O4S/c1-4-19-7(3)11-14-12(18)10-6(2)8(5-9(16)17)20-13(10)15-11/h3-5H2,1-2H3,(H,16,17)(H,14,15,18). The predicted molar refractivity (Wildman–Crippen MR) is 77.0 cm³/mol. The molecule has 2 rings (SSSR count). The number of carbonyl (C=O) groups is 1. The molecule has 6 nitrogen and oxygen atoms in total. The van der Waals surface area contributed by atoms with Crippen molar-refractivity contribution in [2.45, 2.75) is 20.3 Å². The minimum Gasteiger partial charge on any atom is -0.491 e. The Hall–Kier alpha value is -2.15. The Morgan fingerprint density at radius 1 is 1.55 bits per heavy atom. The molecule has 2 aromatic heterocycles. The summed E-state index contributed by atoms with van der Waals surface area (Å²) in [7, 11) is 0. The summed E-state index contributed by atoms with van der Waals surface area (Å²) in [6.07, 6.45) is -0.117. The maximum absolute atomic E-state index is 12.1. The molecule has 0 aliphatic rings. The summed E-state index contributed by atoms with van der Waals surface area (Å²) in [6, 6.07) is 0. The molecule has 0 spiro atoms. The molecule has 0 aliphatic carbocycles. The molecule has 0 amide bonds. The van der Waals surface area contributed by atoms with E-state index in [1.165, 1.54) is 11.3 Å². The fourth-order valence-corrected chi connectivity index (χ4v) is 3.04. The van der Waals surface area contributed by atoms with Gasteiger partial charge in [-0.25, -0.2) is 4.98 Å². The number of ether oxygens (including phenoxy) is 1. The molecule has 20 heavy (non-hydrogen) atoms. The molecule has 106 valence electrons. The van der Waals surface area contributed by atoms with Crippen LogP contribution in [0.5, 0.6) is 0 Å². The van der Waals surface area contributed by atoms with Gasteiger partial charge in [-0.2, -0.15) is 0 Å². The van der Waals surface area contributed by atoms with Crippen LogP contribution in [0.3, 0.4) is 0 Å². The van der Waals surface area contributed by atoms with E-state index < -0.39 is 5.97 Å². The number of aliphatic carboxylic acids is 1. The Bertz CT molecular complexity index is 745. The van der Waals surface area contributed by atoms with Gasteiger partial charge in [-0.1, -0.05) is 6.58 Å². The zero-order chi connectivity index (χ0) is 14.9. The van der Waals surface area contributed by atoms with Crippen LogP contribution in [0.2, 0.25) is 0 Å². The summed E-state index contributed by atoms with van der Waals surface area (Å²) in [6.45, 7) is 7.66. The van der Waals surface area contributed by atoms with E-state index in [9.17, 15) is 9.59 Å². The minimum absolute atomic E-state index is 0.117. The highest BCUT2D eigenvalue weighted by Gasteiger charge is 2.17. The molecule has 0 saturated heterocycles. The van der Waals surface area contributed by atoms with Crippen LogP contribution >= 0.6 is 11.3 Å². The van der Waals surface area contributed by atoms with Gasteiger partial charge in [0.1, 0.15) is 4.83 Å². The monoisotopic (exact) mass is 294 g/mol. The van der Waals surface area contributed by atoms with E-state index in [2.05, 4.69) is 16.5 Å². The summed E-state index contributed by atoms with van der Waals surface area (Å²) >= 11 is 1.21. The zero-order valence-electron chi connectivity index (χ0n) is 11.1. The van der Waals surface area contributed by atoms with Crippen molar-refractivity contribution in [1.29, 1.82) is 0 Å². The largest absolute Gasteiger partial charge is 0.491 e. The number of aromatic nitrogens is 2. The first-order valence-electron chi connectivity index (χ1n) is 6.00. The first-order chi connectivity index (χ1) is 9.43. The van der Waals surface area contributed by atoms with Crippen molar-refractivity contribution in [2.75, 3.05) is 6.61 Å². The molecule has 2 aromatic rings. The summed E-state index contributed by atoms with van der Waals surface area (Å²) in [5.41, 5.74) is 0.353. The maximum atomic E-state index is 12.1. The first-order valence-corrected chi connectivity index (χ1v) is 6.81. The first kappa shape index (κ1) is 14.3. The van der Waals surface area contributed by atoms with E-state index in [4.69, 9.17) is 9.84 Å². The number of aromatic amines is 1. The SMILES string of the molecule is C=C(OCC)c1nc2sc(CC(=O)O)c(C)c2c(=O)[nH]1. The zero-order valence-corrected chi connectivity index (χ0v) is 12.0. The van der Waals surface area contributed by atoms with Crippen LogP contribution in [0.1, 0.15) is 23.2 Å². The highest BCUT2D eigenvalue weighted by Crippen LogP contribution is 2.28. The fraction of sp³-hybridized carbons (Fsp3) is 0.308. The molecule has 0 bridgehead atoms. The highest BCUT2D eigenvalue weighted by molar-refractivity contribution is 7.18. The Labute approximate surface area is 118 Å². The molecule has 0 radical (unpaired) electrons. The molecule has 0 unspecified atom stereocenters. The number of nitrogens with zero attached hydrogens (tertiary/aromatic N) is 1. The number of H-pyrrole nitrogens is 1. The third kappa shape index (κ3) is 2.57. The normalized spacial score (nSPS) is 10.7. The van der Waals surface area contributed by atoms with Crippen molar-refractivity contribution in [3.63, 3.8) is 0 Å². The lowest BCUT2D eigenvalue weighted by Gasteiger charge is -2.05. The number of hydrogen-bond donors (Lipinski definition) is 2. The summed E-state index contributed by atoms with van der Waals surface area (Å²) in [4.78, 5) is 30.9. The van der Waals surface area contributed by atoms with E-state index in [0.29, 0.717) is 27.3 Å². The third-order valence-corrected chi connectivity index (χ3v) is 3.98. The van der Waals surface area contributed by atoms with Crippen LogP contribution < -0.4 is 5.56 Å². The third-order valence-electron chi connectivity index (χ3n) is 2.79. The number of nitrogens with one attached hydrogen (secondary N) is 1. The van der Waals surface area contributed by atoms with E-state index in [0.717, 1.165) is 0 Å². The quantitative estimate of drug-likeness (QED) is 0.822. The van der Waals surface area contributed by atoms with Gasteiger partial charge in [0.2, 0.25) is 0 Å². The van der Waals surface area contributed by atoms with Crippen molar-refractivity contribution in [3.05, 3.63) is 33.2 Å². The lowest BCUT2D eigenvalue weighted by molar-refractivity contribution is -0.136. The van der Waals surface area contributed by atoms with Crippen LogP contribution in [0.25, 0.3) is 16.0 Å². The summed E-state index contributed by atoms with van der Waals surface area (Å²) in [5.74, 6) is -0.375. The van der Waals surface area contributed by atoms with E-state index in [-0.39, 0.29) is 23.6 Å². The van der Waals surface area contributed by atoms with Crippen molar-refractivity contribution in [2.24, 2.45) is 0 Å². The highest BCUT2D eigenvalue weighted by atomic mass is 32.1. The average Bonchev–Trinajstić information content (AvgIpc) is 2.66. The molecule has 2 heterocycles. The minimum atomic E-state index is -0.935. The smallest absolute Gasteiger partial charge is 0.308 e. The second kappa shape index (κ2) is 5.46. The Morgan fingerprint density at radius 3 is 2.85 bits per heavy atom. The van der Waals surface area contributed by atoms with Crippen molar-refractivity contribution in [3.8, 4) is 0 Å². The number of rotatable bonds is 5. The van der Waals surface area contributed by atoms with E-state index >= 15 is 0 Å². The number of carboxylic acid groups (broad SMARTS) is 1. The van der Waals surface area contributed by atoms with Crippen molar-refractivity contribution >= 4 is 33.3 Å². The second-order valence-corrected chi connectivity index (χ2v) is 5.26. The average molecular weight is 294 g/mol. The Balaban J connectivity index is 2.58. The predicted octanol–water partition coefficient (Wildman–Crippen LogP) is 1.93. The van der Waals surface area contributed by atoms with Crippen molar-refractivity contribution < 1.29 is 14.6 Å². The maximum Gasteiger partial charge on any atom is 0.308 e. The Kier molecular flexibility index (Phi) is 3.89. The van der Waals surface area contributed by atoms with Gasteiger partial charge in [0.05, 0.1) is 18.4 Å². The van der Waals surface area contributed by atoms with E-state index in [1.54, 1.807) is 6.92 Å². The summed E-state index contributed by atoms with van der Waals surface area (Å²) in [5, 5.41) is 9.29.